The molecule has 0 atom stereocenters. The number of hydrogen-bond donors (Lipinski definition) is 2. The number of nitrogens with one attached hydrogen (secondary N) is 1. The van der Waals surface area contributed by atoms with E-state index < -0.39 is 5.41 Å². The minimum atomic E-state index is -0.980. The maximum absolute atomic E-state index is 12.9. The van der Waals surface area contributed by atoms with Gasteiger partial charge >= 0.3 is 0 Å². The molecule has 23 heavy (non-hydrogen) atoms. The highest BCUT2D eigenvalue weighted by Gasteiger charge is 2.55. The molecule has 1 aliphatic rings. The summed E-state index contributed by atoms with van der Waals surface area (Å²) >= 11 is 0. The molecular weight excluding hydrogens is 297 g/mol. The SMILES string of the molecule is O=C(Cc1ccc(O)cc1)C1(C(=O)Nc2ccc(F)cc2)CC1. The summed E-state index contributed by atoms with van der Waals surface area (Å²) in [5.41, 5.74) is 0.250. The molecule has 0 bridgehead atoms. The average Bonchev–Trinajstić information content (AvgIpc) is 3.34. The van der Waals surface area contributed by atoms with Gasteiger partial charge in [-0.3, -0.25) is 9.59 Å². The lowest BCUT2D eigenvalue weighted by atomic mass is 9.94. The number of rotatable bonds is 5. The van der Waals surface area contributed by atoms with Gasteiger partial charge < -0.3 is 10.4 Å². The summed E-state index contributed by atoms with van der Waals surface area (Å²) in [5, 5.41) is 11.9. The summed E-state index contributed by atoms with van der Waals surface area (Å²) in [6.07, 6.45) is 1.20. The van der Waals surface area contributed by atoms with Crippen molar-refractivity contribution < 1.29 is 19.1 Å². The van der Waals surface area contributed by atoms with Gasteiger partial charge in [0.1, 0.15) is 17.0 Å². The van der Waals surface area contributed by atoms with Gasteiger partial charge in [-0.15, -0.1) is 0 Å². The Bertz CT molecular complexity index is 672. The third-order valence-corrected chi connectivity index (χ3v) is 4.12. The standard InChI is InChI=1S/C18H16FNO3/c19-13-3-5-14(6-4-13)20-17(23)18(9-10-18)16(22)11-12-1-7-15(21)8-2-12/h1-8,21H,9-11H2,(H,20,23). The zero-order chi connectivity index (χ0) is 16.4. The number of ketones is 1. The van der Waals surface area contributed by atoms with Crippen LogP contribution in [0.25, 0.3) is 0 Å². The first kappa shape index (κ1) is 15.2. The van der Waals surface area contributed by atoms with Crippen molar-refractivity contribution in [1.82, 2.24) is 0 Å². The van der Waals surface area contributed by atoms with E-state index in [1.54, 1.807) is 12.1 Å². The topological polar surface area (TPSA) is 66.4 Å². The summed E-state index contributed by atoms with van der Waals surface area (Å²) in [6, 6.07) is 11.8. The van der Waals surface area contributed by atoms with Crippen LogP contribution in [-0.4, -0.2) is 16.8 Å². The second kappa shape index (κ2) is 5.83. The predicted molar refractivity (Wildman–Crippen MR) is 83.5 cm³/mol. The van der Waals surface area contributed by atoms with Crippen LogP contribution in [0.15, 0.2) is 48.5 Å². The molecule has 118 valence electrons. The number of phenolic OH excluding ortho intramolecular Hbond substituents is 1. The fourth-order valence-corrected chi connectivity index (χ4v) is 2.51. The molecule has 5 heteroatoms. The van der Waals surface area contributed by atoms with Gasteiger partial charge in [0.15, 0.2) is 5.78 Å². The zero-order valence-corrected chi connectivity index (χ0v) is 12.4. The molecule has 1 saturated carbocycles. The van der Waals surface area contributed by atoms with Crippen LogP contribution >= 0.6 is 0 Å². The summed E-state index contributed by atoms with van der Waals surface area (Å²) < 4.78 is 12.9. The molecule has 0 heterocycles. The number of carbonyl (C=O) groups is 2. The van der Waals surface area contributed by atoms with Crippen LogP contribution < -0.4 is 5.32 Å². The van der Waals surface area contributed by atoms with Gasteiger partial charge in [0.05, 0.1) is 0 Å². The summed E-state index contributed by atoms with van der Waals surface area (Å²) in [4.78, 5) is 24.9. The molecule has 2 aromatic rings. The first-order valence-corrected chi connectivity index (χ1v) is 7.38. The Kier molecular flexibility index (Phi) is 3.86. The maximum Gasteiger partial charge on any atom is 0.238 e. The number of halogens is 1. The predicted octanol–water partition coefficient (Wildman–Crippen LogP) is 3.06. The van der Waals surface area contributed by atoms with E-state index in [1.165, 1.54) is 36.4 Å². The van der Waals surface area contributed by atoms with Crippen molar-refractivity contribution in [3.63, 3.8) is 0 Å². The molecule has 0 aliphatic heterocycles. The number of aromatic hydroxyl groups is 1. The van der Waals surface area contributed by atoms with E-state index in [0.29, 0.717) is 18.5 Å². The van der Waals surface area contributed by atoms with E-state index in [0.717, 1.165) is 5.56 Å². The molecule has 3 rings (SSSR count). The lowest BCUT2D eigenvalue weighted by Gasteiger charge is -2.14. The Morgan fingerprint density at radius 2 is 1.65 bits per heavy atom. The van der Waals surface area contributed by atoms with Crippen molar-refractivity contribution in [2.24, 2.45) is 5.41 Å². The smallest absolute Gasteiger partial charge is 0.238 e. The minimum Gasteiger partial charge on any atom is -0.508 e. The summed E-state index contributed by atoms with van der Waals surface area (Å²) in [7, 11) is 0. The Morgan fingerprint density at radius 1 is 1.04 bits per heavy atom. The van der Waals surface area contributed by atoms with Gasteiger partial charge in [0.2, 0.25) is 5.91 Å². The summed E-state index contributed by atoms with van der Waals surface area (Å²) in [5.74, 6) is -0.723. The van der Waals surface area contributed by atoms with Crippen LogP contribution in [0.4, 0.5) is 10.1 Å². The Morgan fingerprint density at radius 3 is 2.22 bits per heavy atom. The van der Waals surface area contributed by atoms with Crippen LogP contribution in [-0.2, 0) is 16.0 Å². The molecule has 2 N–H and O–H groups in total. The van der Waals surface area contributed by atoms with Crippen LogP contribution in [0, 0.1) is 11.2 Å². The van der Waals surface area contributed by atoms with Crippen molar-refractivity contribution in [2.45, 2.75) is 19.3 Å². The van der Waals surface area contributed by atoms with E-state index in [2.05, 4.69) is 5.32 Å². The Balaban J connectivity index is 1.68. The van der Waals surface area contributed by atoms with E-state index >= 15 is 0 Å². The molecule has 0 radical (unpaired) electrons. The molecule has 1 aliphatic carbocycles. The third kappa shape index (κ3) is 3.23. The van der Waals surface area contributed by atoms with Gasteiger partial charge in [0.25, 0.3) is 0 Å². The summed E-state index contributed by atoms with van der Waals surface area (Å²) in [6.45, 7) is 0. The Labute approximate surface area is 133 Å². The van der Waals surface area contributed by atoms with E-state index in [1.807, 2.05) is 0 Å². The van der Waals surface area contributed by atoms with Crippen molar-refractivity contribution in [1.29, 1.82) is 0 Å². The largest absolute Gasteiger partial charge is 0.508 e. The highest BCUT2D eigenvalue weighted by molar-refractivity contribution is 6.14. The molecule has 0 aromatic heterocycles. The van der Waals surface area contributed by atoms with Gasteiger partial charge in [0, 0.05) is 12.1 Å². The van der Waals surface area contributed by atoms with Crippen LogP contribution in [0.2, 0.25) is 0 Å². The van der Waals surface area contributed by atoms with Crippen LogP contribution in [0.5, 0.6) is 5.75 Å². The lowest BCUT2D eigenvalue weighted by molar-refractivity contribution is -0.132. The lowest BCUT2D eigenvalue weighted by Crippen LogP contribution is -2.32. The minimum absolute atomic E-state index is 0.136. The number of Topliss-reactive ketones (excluding diaryl/α,β-unsaturated/α-hetero) is 1. The zero-order valence-electron chi connectivity index (χ0n) is 12.4. The van der Waals surface area contributed by atoms with Gasteiger partial charge in [-0.05, 0) is 54.8 Å². The number of hydrogen-bond acceptors (Lipinski definition) is 3. The first-order chi connectivity index (χ1) is 11.0. The van der Waals surface area contributed by atoms with Crippen molar-refractivity contribution in [3.8, 4) is 5.75 Å². The molecule has 2 aromatic carbocycles. The molecule has 0 saturated heterocycles. The second-order valence-corrected chi connectivity index (χ2v) is 5.81. The monoisotopic (exact) mass is 313 g/mol. The number of anilines is 1. The fourth-order valence-electron chi connectivity index (χ4n) is 2.51. The van der Waals surface area contributed by atoms with E-state index in [4.69, 9.17) is 0 Å². The molecule has 0 spiro atoms. The van der Waals surface area contributed by atoms with Crippen molar-refractivity contribution in [3.05, 3.63) is 59.9 Å². The number of amides is 1. The molecule has 1 amide bonds. The highest BCUT2D eigenvalue weighted by atomic mass is 19.1. The van der Waals surface area contributed by atoms with Gasteiger partial charge in [-0.1, -0.05) is 12.1 Å². The molecular formula is C18H16FNO3. The Hall–Kier alpha value is -2.69. The quantitative estimate of drug-likeness (QED) is 0.834. The maximum atomic E-state index is 12.9. The second-order valence-electron chi connectivity index (χ2n) is 5.81. The fraction of sp³-hybridized carbons (Fsp3) is 0.222. The van der Waals surface area contributed by atoms with Crippen molar-refractivity contribution >= 4 is 17.4 Å². The van der Waals surface area contributed by atoms with E-state index in [9.17, 15) is 19.1 Å². The number of benzene rings is 2. The molecule has 4 nitrogen and oxygen atoms in total. The molecule has 1 fully saturated rings. The number of carbonyl (C=O) groups excluding carboxylic acids is 2. The molecule has 0 unspecified atom stereocenters. The third-order valence-electron chi connectivity index (χ3n) is 4.12. The normalized spacial score (nSPS) is 15.0. The number of phenols is 1. The highest BCUT2D eigenvalue weighted by Crippen LogP contribution is 2.48. The van der Waals surface area contributed by atoms with Gasteiger partial charge in [-0.2, -0.15) is 0 Å². The van der Waals surface area contributed by atoms with Crippen LogP contribution in [0.1, 0.15) is 18.4 Å². The van der Waals surface area contributed by atoms with Crippen LogP contribution in [0.3, 0.4) is 0 Å². The van der Waals surface area contributed by atoms with E-state index in [-0.39, 0.29) is 29.7 Å². The first-order valence-electron chi connectivity index (χ1n) is 7.38. The van der Waals surface area contributed by atoms with Crippen molar-refractivity contribution in [2.75, 3.05) is 5.32 Å². The van der Waals surface area contributed by atoms with Gasteiger partial charge in [-0.25, -0.2) is 4.39 Å². The average molecular weight is 313 g/mol.